The van der Waals surface area contributed by atoms with E-state index in [1.807, 2.05) is 73.9 Å². The number of likely N-dealkylation sites (tertiary alicyclic amines) is 1. The third kappa shape index (κ3) is 12.2. The Morgan fingerprint density at radius 3 is 2.32 bits per heavy atom. The van der Waals surface area contributed by atoms with Gasteiger partial charge in [0.1, 0.15) is 40.8 Å². The molecule has 3 aromatic carbocycles. The summed E-state index contributed by atoms with van der Waals surface area (Å²) in [6.45, 7) is 15.7. The highest BCUT2D eigenvalue weighted by atomic mass is 32.1. The maximum absolute atomic E-state index is 14.3. The molecule has 76 heavy (non-hydrogen) atoms. The fraction of sp³-hybridized carbons (Fsp3) is 0.411. The van der Waals surface area contributed by atoms with E-state index < -0.39 is 60.0 Å². The molecule has 2 unspecified atom stereocenters. The molecule has 4 amide bonds. The molecule has 20 heteroatoms. The summed E-state index contributed by atoms with van der Waals surface area (Å²) in [6, 6.07) is 19.9. The second-order valence-corrected chi connectivity index (χ2v) is 22.3. The lowest BCUT2D eigenvalue weighted by atomic mass is 9.85. The monoisotopic (exact) mass is 1070 g/mol. The molecular weight excluding hydrogens is 1000 g/mol. The molecule has 0 bridgehead atoms. The van der Waals surface area contributed by atoms with Crippen molar-refractivity contribution in [2.45, 2.75) is 105 Å². The van der Waals surface area contributed by atoms with E-state index in [4.69, 9.17) is 19.6 Å². The van der Waals surface area contributed by atoms with Crippen molar-refractivity contribution < 1.29 is 38.9 Å². The first kappa shape index (κ1) is 55.1. The Kier molecular flexibility index (Phi) is 17.3. The third-order valence-electron chi connectivity index (χ3n) is 13.6. The summed E-state index contributed by atoms with van der Waals surface area (Å²) in [5.41, 5.74) is 9.09. The van der Waals surface area contributed by atoms with Crippen molar-refractivity contribution in [3.8, 4) is 38.4 Å². The number of nitrogens with one attached hydrogen (secondary N) is 3. The van der Waals surface area contributed by atoms with Gasteiger partial charge in [0.2, 0.25) is 17.7 Å². The van der Waals surface area contributed by atoms with Crippen LogP contribution in [0.5, 0.6) is 5.75 Å². The highest BCUT2D eigenvalue weighted by Crippen LogP contribution is 2.40. The molecule has 0 saturated carbocycles. The van der Waals surface area contributed by atoms with E-state index in [0.717, 1.165) is 59.4 Å². The van der Waals surface area contributed by atoms with Gasteiger partial charge in [-0.3, -0.25) is 28.7 Å². The summed E-state index contributed by atoms with van der Waals surface area (Å²) in [5.74, 6) is -0.324. The number of aromatic nitrogens is 4. The van der Waals surface area contributed by atoms with Crippen LogP contribution in [0.3, 0.4) is 0 Å². The fourth-order valence-electron chi connectivity index (χ4n) is 9.41. The van der Waals surface area contributed by atoms with Crippen LogP contribution in [0.15, 0.2) is 77.2 Å². The Hall–Kier alpha value is -7.15. The molecule has 0 radical (unpaired) electrons. The first-order chi connectivity index (χ1) is 36.4. The van der Waals surface area contributed by atoms with Gasteiger partial charge in [0.05, 0.1) is 52.5 Å². The quantitative estimate of drug-likeness (QED) is 0.0528. The summed E-state index contributed by atoms with van der Waals surface area (Å²) in [5, 5.41) is 48.6. The standard InChI is InChI=1S/C56H64N10O8S2/c1-31-34(4)76-55-48(31)49(61-43(52-64-63-35(5)66(52)55)26-46(69)58-20-23-73-22-9-21-67)38-14-12-37(13-15-38)40-18-19-45(41(24-40)27-57)74-29-47(70)62-51(56(6,7)8)54(72)65-28-42(68)25-44(65)53(71)60-32(2)36-10-16-39(17-11-36)50-33(3)59-30-75-50/h10-19,24,30,32,42-44,51,67-68H,9,20-23,25-26,28-29H2,1-8H3,(H,58,69)(H,60,71)(H,62,70)/t32?,42-,43+,44+,51?/m1/s1. The van der Waals surface area contributed by atoms with Gasteiger partial charge in [-0.25, -0.2) is 4.98 Å². The van der Waals surface area contributed by atoms with Gasteiger partial charge in [0.25, 0.3) is 5.91 Å². The number of hydrogen-bond acceptors (Lipinski definition) is 15. The Morgan fingerprint density at radius 2 is 1.63 bits per heavy atom. The largest absolute Gasteiger partial charge is 0.482 e. The fourth-order valence-corrected chi connectivity index (χ4v) is 11.4. The number of thiazole rings is 1. The highest BCUT2D eigenvalue weighted by Gasteiger charge is 2.45. The number of β-amino-alcohol motifs (C(OH)–C–C–N with tert-alkyl or cyclic N) is 1. The van der Waals surface area contributed by atoms with Crippen LogP contribution >= 0.6 is 22.7 Å². The molecule has 2 aliphatic heterocycles. The first-order valence-corrected chi connectivity index (χ1v) is 27.0. The molecule has 1 saturated heterocycles. The predicted molar refractivity (Wildman–Crippen MR) is 290 cm³/mol. The minimum absolute atomic E-state index is 0.0297. The summed E-state index contributed by atoms with van der Waals surface area (Å²) >= 11 is 3.18. The molecular formula is C56H64N10O8S2. The number of amides is 4. The second kappa shape index (κ2) is 23.8. The van der Waals surface area contributed by atoms with Gasteiger partial charge in [-0.05, 0) is 86.4 Å². The van der Waals surface area contributed by atoms with Crippen LogP contribution in [0.2, 0.25) is 0 Å². The van der Waals surface area contributed by atoms with Crippen molar-refractivity contribution in [1.82, 2.24) is 40.6 Å². The topological polar surface area (TPSA) is 246 Å². The van der Waals surface area contributed by atoms with Gasteiger partial charge >= 0.3 is 0 Å². The number of thiophene rings is 1. The average molecular weight is 1070 g/mol. The van der Waals surface area contributed by atoms with E-state index in [1.54, 1.807) is 67.2 Å². The minimum Gasteiger partial charge on any atom is -0.482 e. The molecule has 0 aliphatic carbocycles. The third-order valence-corrected chi connectivity index (χ3v) is 15.8. The molecule has 398 valence electrons. The number of aliphatic hydroxyl groups excluding tert-OH is 2. The SMILES string of the molecule is Cc1ncsc1-c1ccc(C(C)NC(=O)[C@@H]2C[C@@H](O)CN2C(=O)C(NC(=O)COc2ccc(-c3ccc(C4=N[C@@H](CC(=O)NCCOCCCO)c5nnc(C)n5-c5sc(C)c(C)c54)cc3)cc2C#N)C(C)(C)C)cc1. The smallest absolute Gasteiger partial charge is 0.258 e. The normalized spacial score (nSPS) is 16.9. The van der Waals surface area contributed by atoms with Crippen LogP contribution in [0, 0.1) is 44.4 Å². The van der Waals surface area contributed by atoms with Gasteiger partial charge in [-0.2, -0.15) is 5.26 Å². The number of aryl methyl sites for hydroxylation is 3. The Labute approximate surface area is 450 Å². The van der Waals surface area contributed by atoms with Gasteiger partial charge < -0.3 is 40.5 Å². The van der Waals surface area contributed by atoms with Crippen LogP contribution in [0.4, 0.5) is 0 Å². The predicted octanol–water partition coefficient (Wildman–Crippen LogP) is 6.77. The molecule has 5 N–H and O–H groups in total. The van der Waals surface area contributed by atoms with Crippen molar-refractivity contribution in [2.24, 2.45) is 10.4 Å². The average Bonchev–Trinajstić information content (AvgIpc) is 4.19. The van der Waals surface area contributed by atoms with Crippen LogP contribution in [-0.2, 0) is 23.9 Å². The molecule has 0 spiro atoms. The molecule has 5 atom stereocenters. The molecule has 2 aliphatic rings. The van der Waals surface area contributed by atoms with Gasteiger partial charge in [0, 0.05) is 48.7 Å². The van der Waals surface area contributed by atoms with Crippen LogP contribution in [-0.4, -0.2) is 122 Å². The number of ether oxygens (including phenoxy) is 2. The zero-order chi connectivity index (χ0) is 54.4. The first-order valence-electron chi connectivity index (χ1n) is 25.3. The Bertz CT molecular complexity index is 3170. The van der Waals surface area contributed by atoms with E-state index in [9.17, 15) is 29.5 Å². The summed E-state index contributed by atoms with van der Waals surface area (Å²) < 4.78 is 13.4. The van der Waals surface area contributed by atoms with Crippen LogP contribution < -0.4 is 20.7 Å². The molecule has 8 rings (SSSR count). The molecule has 3 aromatic heterocycles. The molecule has 6 aromatic rings. The summed E-state index contributed by atoms with van der Waals surface area (Å²) in [7, 11) is 0. The zero-order valence-electron chi connectivity index (χ0n) is 44.0. The van der Waals surface area contributed by atoms with E-state index in [0.29, 0.717) is 43.5 Å². The van der Waals surface area contributed by atoms with E-state index in [1.165, 1.54) is 4.90 Å². The van der Waals surface area contributed by atoms with Gasteiger partial charge in [-0.15, -0.1) is 32.9 Å². The second-order valence-electron chi connectivity index (χ2n) is 20.2. The highest BCUT2D eigenvalue weighted by molar-refractivity contribution is 7.15. The van der Waals surface area contributed by atoms with Crippen molar-refractivity contribution in [1.29, 1.82) is 5.26 Å². The summed E-state index contributed by atoms with van der Waals surface area (Å²) in [6.07, 6.45) is -0.338. The number of rotatable bonds is 19. The Morgan fingerprint density at radius 1 is 0.921 bits per heavy atom. The van der Waals surface area contributed by atoms with Gasteiger partial charge in [-0.1, -0.05) is 75.4 Å². The number of nitrogens with zero attached hydrogens (tertiary/aromatic N) is 7. The number of aliphatic imine (C=N–C) groups is 1. The van der Waals surface area contributed by atoms with E-state index >= 15 is 0 Å². The molecule has 5 heterocycles. The number of hydrogen-bond donors (Lipinski definition) is 5. The summed E-state index contributed by atoms with van der Waals surface area (Å²) in [4.78, 5) is 68.2. The van der Waals surface area contributed by atoms with Crippen LogP contribution in [0.1, 0.15) is 109 Å². The number of fused-ring (bicyclic) bond motifs is 3. The lowest BCUT2D eigenvalue weighted by Gasteiger charge is -2.35. The van der Waals surface area contributed by atoms with Crippen molar-refractivity contribution in [3.63, 3.8) is 0 Å². The lowest BCUT2D eigenvalue weighted by molar-refractivity contribution is -0.144. The van der Waals surface area contributed by atoms with E-state index in [2.05, 4.69) is 51.0 Å². The number of nitriles is 1. The number of aliphatic hydroxyl groups is 2. The lowest BCUT2D eigenvalue weighted by Crippen LogP contribution is -2.58. The Balaban J connectivity index is 0.929. The minimum atomic E-state index is -1.08. The molecule has 18 nitrogen and oxygen atoms in total. The molecule has 1 fully saturated rings. The number of benzene rings is 3. The number of carbonyl (C=O) groups excluding carboxylic acids is 4. The van der Waals surface area contributed by atoms with Crippen molar-refractivity contribution in [2.75, 3.05) is 39.5 Å². The van der Waals surface area contributed by atoms with Gasteiger partial charge in [0.15, 0.2) is 12.4 Å². The maximum Gasteiger partial charge on any atom is 0.258 e. The number of carbonyl (C=O) groups is 4. The van der Waals surface area contributed by atoms with Crippen molar-refractivity contribution in [3.05, 3.63) is 122 Å². The van der Waals surface area contributed by atoms with Crippen molar-refractivity contribution >= 4 is 52.0 Å². The maximum atomic E-state index is 14.3. The van der Waals surface area contributed by atoms with Crippen LogP contribution in [0.25, 0.3) is 26.6 Å². The van der Waals surface area contributed by atoms with E-state index in [-0.39, 0.29) is 43.2 Å². The zero-order valence-corrected chi connectivity index (χ0v) is 45.6.